The van der Waals surface area contributed by atoms with Gasteiger partial charge in [0.1, 0.15) is 6.67 Å². The Morgan fingerprint density at radius 2 is 1.14 bits per heavy atom. The van der Waals surface area contributed by atoms with Crippen LogP contribution in [-0.4, -0.2) is 19.1 Å². The highest BCUT2D eigenvalue weighted by atomic mass is 14.9. The van der Waals surface area contributed by atoms with E-state index in [4.69, 9.17) is 0 Å². The zero-order chi connectivity index (χ0) is 15.2. The summed E-state index contributed by atoms with van der Waals surface area (Å²) in [5.74, 6) is 0. The Morgan fingerprint density at radius 3 is 1.57 bits per heavy atom. The van der Waals surface area contributed by atoms with Crippen LogP contribution in [0.2, 0.25) is 0 Å². The van der Waals surface area contributed by atoms with Crippen LogP contribution in [0.5, 0.6) is 0 Å². The normalized spacial score (nSPS) is 11.6. The highest BCUT2D eigenvalue weighted by Crippen LogP contribution is 2.11. The molecule has 108 valence electrons. The molecule has 2 heteroatoms. The van der Waals surface area contributed by atoms with E-state index in [0.717, 1.165) is 11.1 Å². The van der Waals surface area contributed by atoms with Gasteiger partial charge in [0.25, 0.3) is 0 Å². The van der Waals surface area contributed by atoms with E-state index in [1.54, 1.807) is 0 Å². The van der Waals surface area contributed by atoms with Crippen LogP contribution in [0.4, 0.5) is 0 Å². The summed E-state index contributed by atoms with van der Waals surface area (Å²) < 4.78 is 0. The Bertz CT molecular complexity index is 622. The number of rotatable bonds is 4. The van der Waals surface area contributed by atoms with Crippen LogP contribution >= 0.6 is 0 Å². The predicted molar refractivity (Wildman–Crippen MR) is 91.9 cm³/mol. The molecule has 2 nitrogen and oxygen atoms in total. The largest absolute Gasteiger partial charge is 0.269 e. The summed E-state index contributed by atoms with van der Waals surface area (Å²) in [7, 11) is 0. The average molecular weight is 278 g/mol. The van der Waals surface area contributed by atoms with Gasteiger partial charge in [0.2, 0.25) is 0 Å². The molecule has 0 aromatic heterocycles. The zero-order valence-corrected chi connectivity index (χ0v) is 13.2. The molecule has 0 spiro atoms. The lowest BCUT2D eigenvalue weighted by molar-refractivity contribution is 1.08. The van der Waals surface area contributed by atoms with Gasteiger partial charge in [0, 0.05) is 12.4 Å². The average Bonchev–Trinajstić information content (AvgIpc) is 2.47. The topological polar surface area (TPSA) is 24.7 Å². The third kappa shape index (κ3) is 3.88. The van der Waals surface area contributed by atoms with E-state index in [1.807, 2.05) is 12.4 Å². The smallest absolute Gasteiger partial charge is 0.129 e. The first kappa shape index (κ1) is 15.2. The summed E-state index contributed by atoms with van der Waals surface area (Å²) in [5, 5.41) is 0. The molecule has 0 atom stereocenters. The molecule has 0 N–H and O–H groups in total. The van der Waals surface area contributed by atoms with Gasteiger partial charge in [0.15, 0.2) is 0 Å². The number of hydrogen-bond acceptors (Lipinski definition) is 2. The molecule has 0 aliphatic heterocycles. The Balaban J connectivity index is 2.01. The Hall–Kier alpha value is -2.22. The van der Waals surface area contributed by atoms with Crippen LogP contribution in [0.1, 0.15) is 33.4 Å². The number of aliphatic imine (C=N–C) groups is 2. The maximum Gasteiger partial charge on any atom is 0.129 e. The van der Waals surface area contributed by atoms with Crippen LogP contribution in [0.15, 0.2) is 46.4 Å². The lowest BCUT2D eigenvalue weighted by Gasteiger charge is -2.03. The van der Waals surface area contributed by atoms with Crippen molar-refractivity contribution in [1.29, 1.82) is 0 Å². The number of nitrogens with zero attached hydrogens (tertiary/aromatic N) is 2. The lowest BCUT2D eigenvalue weighted by atomic mass is 10.0. The SMILES string of the molecule is Cc1cccc(C=NCN=Cc2cccc(C)c2C)c1C. The first-order valence-corrected chi connectivity index (χ1v) is 7.21. The van der Waals surface area contributed by atoms with Gasteiger partial charge in [-0.25, -0.2) is 0 Å². The highest BCUT2D eigenvalue weighted by Gasteiger charge is 1.97. The molecule has 0 heterocycles. The zero-order valence-electron chi connectivity index (χ0n) is 13.2. The predicted octanol–water partition coefficient (Wildman–Crippen LogP) is 4.42. The van der Waals surface area contributed by atoms with E-state index in [1.165, 1.54) is 22.3 Å². The summed E-state index contributed by atoms with van der Waals surface area (Å²) in [6.45, 7) is 8.93. The molecular formula is C19H22N2. The van der Waals surface area contributed by atoms with Crippen molar-refractivity contribution in [3.63, 3.8) is 0 Å². The van der Waals surface area contributed by atoms with Crippen molar-refractivity contribution in [2.75, 3.05) is 6.67 Å². The van der Waals surface area contributed by atoms with E-state index in [9.17, 15) is 0 Å². The fourth-order valence-electron chi connectivity index (χ4n) is 2.15. The van der Waals surface area contributed by atoms with E-state index >= 15 is 0 Å². The first-order chi connectivity index (χ1) is 10.1. The molecule has 2 aromatic rings. The molecule has 0 radical (unpaired) electrons. The maximum atomic E-state index is 4.39. The molecule has 2 rings (SSSR count). The summed E-state index contributed by atoms with van der Waals surface area (Å²) in [5.41, 5.74) is 7.46. The van der Waals surface area contributed by atoms with Crippen molar-refractivity contribution < 1.29 is 0 Å². The molecule has 0 aliphatic rings. The highest BCUT2D eigenvalue weighted by molar-refractivity contribution is 5.83. The van der Waals surface area contributed by atoms with E-state index < -0.39 is 0 Å². The van der Waals surface area contributed by atoms with Crippen molar-refractivity contribution in [3.8, 4) is 0 Å². The minimum absolute atomic E-state index is 0.459. The third-order valence-corrected chi connectivity index (χ3v) is 3.92. The Kier molecular flexibility index (Phi) is 5.04. The van der Waals surface area contributed by atoms with Crippen LogP contribution in [0.3, 0.4) is 0 Å². The first-order valence-electron chi connectivity index (χ1n) is 7.21. The monoisotopic (exact) mass is 278 g/mol. The summed E-state index contributed by atoms with van der Waals surface area (Å²) >= 11 is 0. The van der Waals surface area contributed by atoms with E-state index in [0.29, 0.717) is 6.67 Å². The summed E-state index contributed by atoms with van der Waals surface area (Å²) in [6, 6.07) is 12.5. The van der Waals surface area contributed by atoms with Crippen LogP contribution < -0.4 is 0 Å². The maximum absolute atomic E-state index is 4.39. The van der Waals surface area contributed by atoms with Gasteiger partial charge >= 0.3 is 0 Å². The quantitative estimate of drug-likeness (QED) is 0.740. The van der Waals surface area contributed by atoms with Gasteiger partial charge in [-0.3, -0.25) is 9.98 Å². The molecule has 0 bridgehead atoms. The molecule has 0 saturated heterocycles. The van der Waals surface area contributed by atoms with Gasteiger partial charge < -0.3 is 0 Å². The van der Waals surface area contributed by atoms with Gasteiger partial charge in [-0.05, 0) is 61.1 Å². The van der Waals surface area contributed by atoms with E-state index in [2.05, 4.69) is 74.1 Å². The molecular weight excluding hydrogens is 256 g/mol. The van der Waals surface area contributed by atoms with Gasteiger partial charge in [-0.1, -0.05) is 36.4 Å². The van der Waals surface area contributed by atoms with Crippen molar-refractivity contribution in [2.24, 2.45) is 9.98 Å². The second-order valence-electron chi connectivity index (χ2n) is 5.34. The van der Waals surface area contributed by atoms with Gasteiger partial charge in [-0.15, -0.1) is 0 Å². The molecule has 0 saturated carbocycles. The third-order valence-electron chi connectivity index (χ3n) is 3.92. The minimum atomic E-state index is 0.459. The van der Waals surface area contributed by atoms with Gasteiger partial charge in [-0.2, -0.15) is 0 Å². The van der Waals surface area contributed by atoms with Crippen molar-refractivity contribution >= 4 is 12.4 Å². The van der Waals surface area contributed by atoms with Gasteiger partial charge in [0.05, 0.1) is 0 Å². The number of aryl methyl sites for hydroxylation is 2. The van der Waals surface area contributed by atoms with Crippen molar-refractivity contribution in [1.82, 2.24) is 0 Å². The van der Waals surface area contributed by atoms with Crippen molar-refractivity contribution in [2.45, 2.75) is 27.7 Å². The second kappa shape index (κ2) is 6.98. The standard InChI is InChI=1S/C19H22N2/c1-14-7-5-9-18(16(14)3)11-20-13-21-12-19-10-6-8-15(2)17(19)4/h5-12H,13H2,1-4H3. The second-order valence-corrected chi connectivity index (χ2v) is 5.34. The summed E-state index contributed by atoms with van der Waals surface area (Å²) in [4.78, 5) is 8.78. The van der Waals surface area contributed by atoms with Crippen molar-refractivity contribution in [3.05, 3.63) is 69.8 Å². The van der Waals surface area contributed by atoms with Crippen LogP contribution in [0, 0.1) is 27.7 Å². The Morgan fingerprint density at radius 1 is 0.714 bits per heavy atom. The van der Waals surface area contributed by atoms with E-state index in [-0.39, 0.29) is 0 Å². The lowest BCUT2D eigenvalue weighted by Crippen LogP contribution is -1.92. The molecule has 0 fully saturated rings. The molecule has 0 unspecified atom stereocenters. The molecule has 0 aliphatic carbocycles. The minimum Gasteiger partial charge on any atom is -0.269 e. The summed E-state index contributed by atoms with van der Waals surface area (Å²) in [6.07, 6.45) is 3.81. The number of benzene rings is 2. The fourth-order valence-corrected chi connectivity index (χ4v) is 2.15. The van der Waals surface area contributed by atoms with Crippen LogP contribution in [-0.2, 0) is 0 Å². The fraction of sp³-hybridized carbons (Fsp3) is 0.263. The molecule has 2 aromatic carbocycles. The molecule has 0 amide bonds. The van der Waals surface area contributed by atoms with Crippen LogP contribution in [0.25, 0.3) is 0 Å². The number of hydrogen-bond donors (Lipinski definition) is 0. The Labute approximate surface area is 127 Å². The molecule has 21 heavy (non-hydrogen) atoms.